The van der Waals surface area contributed by atoms with E-state index < -0.39 is 0 Å². The minimum Gasteiger partial charge on any atom is -0.507 e. The second-order valence-corrected chi connectivity index (χ2v) is 12.3. The van der Waals surface area contributed by atoms with Crippen LogP contribution in [-0.2, 0) is 0 Å². The van der Waals surface area contributed by atoms with Gasteiger partial charge in [0.1, 0.15) is 22.1 Å². The Bertz CT molecular complexity index is 2330. The lowest BCUT2D eigenvalue weighted by Crippen LogP contribution is -2.10. The number of pyridine rings is 2. The number of aromatic hydroxyl groups is 1. The fourth-order valence-electron chi connectivity index (χ4n) is 5.99. The van der Waals surface area contributed by atoms with Crippen LogP contribution in [0.2, 0.25) is 0 Å². The summed E-state index contributed by atoms with van der Waals surface area (Å²) in [5, 5.41) is 12.3. The van der Waals surface area contributed by atoms with Crippen molar-refractivity contribution in [3.8, 4) is 38.8 Å². The molecule has 8 heteroatoms. The van der Waals surface area contributed by atoms with E-state index in [4.69, 9.17) is 15.0 Å². The molecule has 0 aliphatic carbocycles. The quantitative estimate of drug-likeness (QED) is 0.199. The molecule has 0 spiro atoms. The Morgan fingerprint density at radius 1 is 0.553 bits per heavy atom. The molecule has 5 aromatic heterocycles. The Hall–Kier alpha value is -6.25. The third-order valence-electron chi connectivity index (χ3n) is 8.33. The zero-order valence-corrected chi connectivity index (χ0v) is 25.8. The van der Waals surface area contributed by atoms with Crippen molar-refractivity contribution in [2.45, 2.75) is 0 Å². The summed E-state index contributed by atoms with van der Waals surface area (Å²) in [6.07, 6.45) is 7.93. The van der Waals surface area contributed by atoms with E-state index in [1.165, 1.54) is 4.70 Å². The van der Waals surface area contributed by atoms with E-state index in [1.807, 2.05) is 100 Å². The van der Waals surface area contributed by atoms with Gasteiger partial charge in [-0.05, 0) is 84.9 Å². The molecule has 0 atom stereocenters. The van der Waals surface area contributed by atoms with Crippen molar-refractivity contribution in [1.82, 2.24) is 23.8 Å². The van der Waals surface area contributed by atoms with Gasteiger partial charge in [-0.1, -0.05) is 36.4 Å². The van der Waals surface area contributed by atoms with Crippen LogP contribution in [0.25, 0.3) is 54.6 Å². The number of anilines is 3. The number of nitrogens with zero attached hydrogens (tertiary/aromatic N) is 6. The number of benzene rings is 4. The summed E-state index contributed by atoms with van der Waals surface area (Å²) in [6, 6.07) is 42.6. The number of phenolic OH excluding ortho intramolecular Hbond substituents is 1. The molecule has 4 aromatic carbocycles. The lowest BCUT2D eigenvalue weighted by molar-refractivity contribution is 0.477. The number of para-hydroxylation sites is 1. The average molecular weight is 627 g/mol. The van der Waals surface area contributed by atoms with Crippen LogP contribution in [0.3, 0.4) is 0 Å². The predicted molar refractivity (Wildman–Crippen MR) is 190 cm³/mol. The maximum atomic E-state index is 11.3. The van der Waals surface area contributed by atoms with Crippen molar-refractivity contribution in [1.29, 1.82) is 0 Å². The highest BCUT2D eigenvalue weighted by molar-refractivity contribution is 7.21. The molecule has 9 rings (SSSR count). The molecule has 7 nitrogen and oxygen atoms in total. The van der Waals surface area contributed by atoms with Gasteiger partial charge in [0, 0.05) is 64.6 Å². The van der Waals surface area contributed by atoms with Crippen LogP contribution in [0.1, 0.15) is 0 Å². The van der Waals surface area contributed by atoms with Gasteiger partial charge in [-0.25, -0.2) is 15.0 Å². The minimum atomic E-state index is 0.156. The first-order valence-electron chi connectivity index (χ1n) is 15.2. The molecule has 0 amide bonds. The minimum absolute atomic E-state index is 0.156. The van der Waals surface area contributed by atoms with Gasteiger partial charge in [0.2, 0.25) is 0 Å². The summed E-state index contributed by atoms with van der Waals surface area (Å²) < 4.78 is 5.14. The number of imidazole rings is 2. The third kappa shape index (κ3) is 4.88. The molecule has 0 radical (unpaired) electrons. The third-order valence-corrected chi connectivity index (χ3v) is 9.42. The Labute approximate surface area is 273 Å². The topological polar surface area (TPSA) is 71.0 Å². The highest BCUT2D eigenvalue weighted by Crippen LogP contribution is 2.41. The van der Waals surface area contributed by atoms with Gasteiger partial charge in [-0.2, -0.15) is 0 Å². The van der Waals surface area contributed by atoms with Crippen molar-refractivity contribution in [2.24, 2.45) is 0 Å². The summed E-state index contributed by atoms with van der Waals surface area (Å²) in [5.41, 5.74) is 9.83. The number of fused-ring (bicyclic) bond motifs is 3. The van der Waals surface area contributed by atoms with Gasteiger partial charge in [-0.15, -0.1) is 11.3 Å². The molecule has 0 bridgehead atoms. The molecule has 0 aliphatic rings. The highest BCUT2D eigenvalue weighted by Gasteiger charge is 2.18. The Morgan fingerprint density at radius 3 is 1.81 bits per heavy atom. The normalized spacial score (nSPS) is 11.5. The van der Waals surface area contributed by atoms with Crippen molar-refractivity contribution >= 4 is 49.9 Å². The van der Waals surface area contributed by atoms with E-state index in [9.17, 15) is 5.11 Å². The standard InChI is InChI=1S/C39H26N6OS/c46-35-23-30(19-20-31(35)34-25-44-22-6-4-10-38(44)41-34)45(28-15-11-26(12-16-28)33-24-43-21-5-3-9-37(43)40-33)29-17-13-27(14-18-29)39-42-32-7-1-2-8-36(32)47-39/h1-25,46H. The van der Waals surface area contributed by atoms with Crippen LogP contribution < -0.4 is 4.90 Å². The average Bonchev–Trinajstić information content (AvgIpc) is 3.86. The van der Waals surface area contributed by atoms with Crippen LogP contribution in [0, 0.1) is 0 Å². The molecule has 224 valence electrons. The van der Waals surface area contributed by atoms with Crippen molar-refractivity contribution in [3.63, 3.8) is 0 Å². The van der Waals surface area contributed by atoms with Crippen LogP contribution >= 0.6 is 11.3 Å². The van der Waals surface area contributed by atoms with Gasteiger partial charge in [0.05, 0.1) is 21.6 Å². The summed E-state index contributed by atoms with van der Waals surface area (Å²) in [5.74, 6) is 0.156. The number of hydrogen-bond acceptors (Lipinski definition) is 6. The predicted octanol–water partition coefficient (Wildman–Crippen LogP) is 9.77. The molecule has 0 saturated carbocycles. The van der Waals surface area contributed by atoms with E-state index >= 15 is 0 Å². The zero-order chi connectivity index (χ0) is 31.3. The summed E-state index contributed by atoms with van der Waals surface area (Å²) in [7, 11) is 0. The fraction of sp³-hybridized carbons (Fsp3) is 0. The molecular weight excluding hydrogens is 601 g/mol. The largest absolute Gasteiger partial charge is 0.507 e. The Morgan fingerprint density at radius 2 is 1.15 bits per heavy atom. The zero-order valence-electron chi connectivity index (χ0n) is 25.0. The Balaban J connectivity index is 1.11. The van der Waals surface area contributed by atoms with E-state index in [0.717, 1.165) is 55.7 Å². The van der Waals surface area contributed by atoms with E-state index in [-0.39, 0.29) is 5.75 Å². The number of phenols is 1. The van der Waals surface area contributed by atoms with E-state index in [2.05, 4.69) is 59.5 Å². The first-order valence-corrected chi connectivity index (χ1v) is 16.1. The monoisotopic (exact) mass is 626 g/mol. The first kappa shape index (κ1) is 27.1. The number of thiazole rings is 1. The van der Waals surface area contributed by atoms with Gasteiger partial charge in [0.25, 0.3) is 0 Å². The van der Waals surface area contributed by atoms with Crippen molar-refractivity contribution < 1.29 is 5.11 Å². The SMILES string of the molecule is Oc1cc(N(c2ccc(-c3cn4ccccc4n3)cc2)c2ccc(-c3nc4ccccc4s3)cc2)ccc1-c1cn2ccccc2n1. The molecule has 0 fully saturated rings. The molecule has 9 aromatic rings. The number of aromatic nitrogens is 5. The van der Waals surface area contributed by atoms with E-state index in [0.29, 0.717) is 11.3 Å². The van der Waals surface area contributed by atoms with Gasteiger partial charge in [0.15, 0.2) is 0 Å². The molecule has 5 heterocycles. The first-order chi connectivity index (χ1) is 23.2. The Kier molecular flexibility index (Phi) is 6.33. The van der Waals surface area contributed by atoms with Gasteiger partial charge < -0.3 is 18.8 Å². The lowest BCUT2D eigenvalue weighted by atomic mass is 10.1. The summed E-state index contributed by atoms with van der Waals surface area (Å²) >= 11 is 1.69. The number of rotatable bonds is 6. The summed E-state index contributed by atoms with van der Waals surface area (Å²) in [6.45, 7) is 0. The maximum absolute atomic E-state index is 11.3. The van der Waals surface area contributed by atoms with Crippen molar-refractivity contribution in [3.05, 3.63) is 152 Å². The van der Waals surface area contributed by atoms with Gasteiger partial charge in [-0.3, -0.25) is 0 Å². The molecule has 0 saturated heterocycles. The second-order valence-electron chi connectivity index (χ2n) is 11.3. The smallest absolute Gasteiger partial charge is 0.137 e. The van der Waals surface area contributed by atoms with Crippen LogP contribution in [0.4, 0.5) is 17.1 Å². The molecule has 47 heavy (non-hydrogen) atoms. The van der Waals surface area contributed by atoms with Crippen molar-refractivity contribution in [2.75, 3.05) is 4.90 Å². The van der Waals surface area contributed by atoms with Crippen LogP contribution in [-0.4, -0.2) is 28.9 Å². The lowest BCUT2D eigenvalue weighted by Gasteiger charge is -2.26. The second kappa shape index (κ2) is 11.0. The fourth-order valence-corrected chi connectivity index (χ4v) is 6.96. The summed E-state index contributed by atoms with van der Waals surface area (Å²) in [4.78, 5) is 16.5. The van der Waals surface area contributed by atoms with Gasteiger partial charge >= 0.3 is 0 Å². The molecular formula is C39H26N6OS. The maximum Gasteiger partial charge on any atom is 0.137 e. The van der Waals surface area contributed by atoms with Crippen LogP contribution in [0.5, 0.6) is 5.75 Å². The molecule has 0 unspecified atom stereocenters. The van der Waals surface area contributed by atoms with E-state index in [1.54, 1.807) is 17.4 Å². The molecule has 1 N–H and O–H groups in total. The molecule has 0 aliphatic heterocycles. The van der Waals surface area contributed by atoms with Crippen LogP contribution in [0.15, 0.2) is 152 Å². The number of hydrogen-bond donors (Lipinski definition) is 1. The highest BCUT2D eigenvalue weighted by atomic mass is 32.1.